The van der Waals surface area contributed by atoms with Gasteiger partial charge in [0.15, 0.2) is 0 Å². The molecule has 0 spiro atoms. The van der Waals surface area contributed by atoms with Gasteiger partial charge in [0.25, 0.3) is 0 Å². The van der Waals surface area contributed by atoms with Crippen LogP contribution in [0, 0.1) is 0 Å². The second kappa shape index (κ2) is 8.47. The lowest BCUT2D eigenvalue weighted by Crippen LogP contribution is -2.26. The minimum atomic E-state index is -3.17. The molecule has 0 amide bonds. The van der Waals surface area contributed by atoms with Crippen molar-refractivity contribution in [3.8, 4) is 0 Å². The van der Waals surface area contributed by atoms with Crippen molar-refractivity contribution < 1.29 is 12.8 Å². The SMILES string of the molecule is CC/C=C\C=C(/CF)CCNS(=O)(=O)CC. The molecule has 0 rings (SSSR count). The summed E-state index contributed by atoms with van der Waals surface area (Å²) in [4.78, 5) is 0. The molecule has 0 aromatic heterocycles. The first-order chi connectivity index (χ1) is 7.55. The van der Waals surface area contributed by atoms with Crippen LogP contribution in [0.4, 0.5) is 4.39 Å². The summed E-state index contributed by atoms with van der Waals surface area (Å²) in [6, 6.07) is 0. The molecule has 0 aliphatic heterocycles. The van der Waals surface area contributed by atoms with Crippen molar-refractivity contribution in [2.75, 3.05) is 19.0 Å². The smallest absolute Gasteiger partial charge is 0.211 e. The number of hydrogen-bond acceptors (Lipinski definition) is 2. The van der Waals surface area contributed by atoms with Crippen LogP contribution in [0.1, 0.15) is 26.7 Å². The predicted octanol–water partition coefficient (Wildman–Crippen LogP) is 2.18. The maximum absolute atomic E-state index is 12.5. The molecule has 0 aromatic rings. The van der Waals surface area contributed by atoms with Crippen LogP contribution in [0.25, 0.3) is 0 Å². The summed E-state index contributed by atoms with van der Waals surface area (Å²) in [6.45, 7) is 3.28. The van der Waals surface area contributed by atoms with Crippen LogP contribution >= 0.6 is 0 Å². The van der Waals surface area contributed by atoms with Crippen LogP contribution < -0.4 is 4.72 Å². The quantitative estimate of drug-likeness (QED) is 0.670. The molecule has 0 unspecified atom stereocenters. The van der Waals surface area contributed by atoms with E-state index < -0.39 is 16.7 Å². The molecule has 94 valence electrons. The Morgan fingerprint density at radius 3 is 2.56 bits per heavy atom. The molecule has 0 aliphatic carbocycles. The average molecular weight is 249 g/mol. The van der Waals surface area contributed by atoms with E-state index in [1.165, 1.54) is 0 Å². The number of halogens is 1. The maximum Gasteiger partial charge on any atom is 0.211 e. The standard InChI is InChI=1S/C11H20FNO2S/c1-3-5-6-7-11(10-12)8-9-13-16(14,15)4-2/h5-7,13H,3-4,8-10H2,1-2H3/b6-5-,11-7-. The molecule has 1 N–H and O–H groups in total. The third-order valence-corrected chi connectivity index (χ3v) is 3.43. The molecule has 0 radical (unpaired) electrons. The average Bonchev–Trinajstić information content (AvgIpc) is 2.27. The van der Waals surface area contributed by atoms with Gasteiger partial charge in [-0.3, -0.25) is 0 Å². The van der Waals surface area contributed by atoms with Crippen LogP contribution in [-0.2, 0) is 10.0 Å². The number of alkyl halides is 1. The largest absolute Gasteiger partial charge is 0.246 e. The number of nitrogens with one attached hydrogen (secondary N) is 1. The zero-order chi connectivity index (χ0) is 12.4. The molecule has 0 bridgehead atoms. The molecule has 0 atom stereocenters. The lowest BCUT2D eigenvalue weighted by atomic mass is 10.2. The van der Waals surface area contributed by atoms with Gasteiger partial charge < -0.3 is 0 Å². The Bertz CT molecular complexity index is 334. The Kier molecular flexibility index (Phi) is 8.11. The van der Waals surface area contributed by atoms with Gasteiger partial charge in [-0.05, 0) is 25.3 Å². The first-order valence-electron chi connectivity index (χ1n) is 5.43. The fourth-order valence-corrected chi connectivity index (χ4v) is 1.62. The van der Waals surface area contributed by atoms with Crippen LogP contribution in [0.3, 0.4) is 0 Å². The lowest BCUT2D eigenvalue weighted by molar-refractivity contribution is 0.528. The summed E-state index contributed by atoms with van der Waals surface area (Å²) < 4.78 is 37.1. The van der Waals surface area contributed by atoms with E-state index in [-0.39, 0.29) is 12.3 Å². The van der Waals surface area contributed by atoms with E-state index in [4.69, 9.17) is 0 Å². The molecule has 3 nitrogen and oxygen atoms in total. The van der Waals surface area contributed by atoms with Crippen molar-refractivity contribution in [2.45, 2.75) is 26.7 Å². The van der Waals surface area contributed by atoms with Crippen LogP contribution in [0.15, 0.2) is 23.8 Å². The fraction of sp³-hybridized carbons (Fsp3) is 0.636. The topological polar surface area (TPSA) is 46.2 Å². The minimum absolute atomic E-state index is 0.0530. The van der Waals surface area contributed by atoms with Gasteiger partial charge in [-0.2, -0.15) is 0 Å². The van der Waals surface area contributed by atoms with E-state index in [1.54, 1.807) is 19.1 Å². The summed E-state index contributed by atoms with van der Waals surface area (Å²) in [5.74, 6) is 0.0530. The van der Waals surface area contributed by atoms with Gasteiger partial charge in [-0.15, -0.1) is 0 Å². The molecule has 0 fully saturated rings. The molecule has 5 heteroatoms. The van der Waals surface area contributed by atoms with Crippen molar-refractivity contribution in [1.82, 2.24) is 4.72 Å². The normalized spacial score (nSPS) is 13.6. The summed E-state index contributed by atoms with van der Waals surface area (Å²) in [6.07, 6.45) is 6.72. The van der Waals surface area contributed by atoms with E-state index in [9.17, 15) is 12.8 Å². The number of sulfonamides is 1. The second-order valence-corrected chi connectivity index (χ2v) is 5.44. The van der Waals surface area contributed by atoms with Crippen LogP contribution in [0.5, 0.6) is 0 Å². The third-order valence-electron chi connectivity index (χ3n) is 2.02. The van der Waals surface area contributed by atoms with Gasteiger partial charge in [-0.1, -0.05) is 25.2 Å². The monoisotopic (exact) mass is 249 g/mol. The zero-order valence-corrected chi connectivity index (χ0v) is 10.7. The van der Waals surface area contributed by atoms with Crippen molar-refractivity contribution in [1.29, 1.82) is 0 Å². The Hall–Kier alpha value is -0.680. The van der Waals surface area contributed by atoms with E-state index >= 15 is 0 Å². The summed E-state index contributed by atoms with van der Waals surface area (Å²) >= 11 is 0. The van der Waals surface area contributed by atoms with Crippen molar-refractivity contribution in [3.05, 3.63) is 23.8 Å². The summed E-state index contributed by atoms with van der Waals surface area (Å²) in [7, 11) is -3.17. The summed E-state index contributed by atoms with van der Waals surface area (Å²) in [5.41, 5.74) is 0.600. The number of rotatable bonds is 8. The molecule has 0 saturated heterocycles. The molecule has 16 heavy (non-hydrogen) atoms. The highest BCUT2D eigenvalue weighted by Crippen LogP contribution is 2.02. The van der Waals surface area contributed by atoms with Gasteiger partial charge in [-0.25, -0.2) is 17.5 Å². The highest BCUT2D eigenvalue weighted by molar-refractivity contribution is 7.89. The van der Waals surface area contributed by atoms with Gasteiger partial charge in [0.2, 0.25) is 10.0 Å². The van der Waals surface area contributed by atoms with E-state index in [0.717, 1.165) is 6.42 Å². The zero-order valence-electron chi connectivity index (χ0n) is 9.87. The Labute approximate surface area is 97.5 Å². The molecule has 0 aliphatic rings. The Balaban J connectivity index is 4.07. The lowest BCUT2D eigenvalue weighted by Gasteiger charge is -2.04. The minimum Gasteiger partial charge on any atom is -0.246 e. The molecule has 0 heterocycles. The first-order valence-corrected chi connectivity index (χ1v) is 7.08. The van der Waals surface area contributed by atoms with Crippen molar-refractivity contribution in [3.63, 3.8) is 0 Å². The highest BCUT2D eigenvalue weighted by atomic mass is 32.2. The first kappa shape index (κ1) is 15.3. The Morgan fingerprint density at radius 1 is 1.38 bits per heavy atom. The molecular formula is C11H20FNO2S. The number of allylic oxidation sites excluding steroid dienone is 3. The number of hydrogen-bond donors (Lipinski definition) is 1. The third kappa shape index (κ3) is 7.59. The highest BCUT2D eigenvalue weighted by Gasteiger charge is 2.05. The van der Waals surface area contributed by atoms with E-state index in [1.807, 2.05) is 13.0 Å². The van der Waals surface area contributed by atoms with Crippen molar-refractivity contribution >= 4 is 10.0 Å². The molecule has 0 aromatic carbocycles. The van der Waals surface area contributed by atoms with Crippen LogP contribution in [0.2, 0.25) is 0 Å². The van der Waals surface area contributed by atoms with Gasteiger partial charge >= 0.3 is 0 Å². The van der Waals surface area contributed by atoms with E-state index in [0.29, 0.717) is 12.0 Å². The second-order valence-electron chi connectivity index (χ2n) is 3.34. The fourth-order valence-electron chi connectivity index (χ4n) is 1.00. The predicted molar refractivity (Wildman–Crippen MR) is 65.6 cm³/mol. The van der Waals surface area contributed by atoms with E-state index in [2.05, 4.69) is 4.72 Å². The van der Waals surface area contributed by atoms with Crippen LogP contribution in [-0.4, -0.2) is 27.4 Å². The van der Waals surface area contributed by atoms with Crippen molar-refractivity contribution in [2.24, 2.45) is 0 Å². The van der Waals surface area contributed by atoms with Gasteiger partial charge in [0, 0.05) is 6.54 Å². The Morgan fingerprint density at radius 2 is 2.06 bits per heavy atom. The maximum atomic E-state index is 12.5. The summed E-state index contributed by atoms with van der Waals surface area (Å²) in [5, 5.41) is 0. The van der Waals surface area contributed by atoms with Gasteiger partial charge in [0.05, 0.1) is 5.75 Å². The molecule has 0 saturated carbocycles. The van der Waals surface area contributed by atoms with Gasteiger partial charge in [0.1, 0.15) is 6.67 Å². The molecular weight excluding hydrogens is 229 g/mol.